The number of benzene rings is 2. The molecule has 0 aliphatic rings. The minimum absolute atomic E-state index is 0.331. The van der Waals surface area contributed by atoms with E-state index in [-0.39, 0.29) is 0 Å². The molecule has 0 radical (unpaired) electrons. The van der Waals surface area contributed by atoms with Gasteiger partial charge in [0.15, 0.2) is 11.5 Å². The zero-order valence-electron chi connectivity index (χ0n) is 13.9. The van der Waals surface area contributed by atoms with E-state index >= 15 is 0 Å². The van der Waals surface area contributed by atoms with Crippen LogP contribution in [0.3, 0.4) is 0 Å². The fraction of sp³-hybridized carbons (Fsp3) is 0.278. The van der Waals surface area contributed by atoms with E-state index in [1.165, 1.54) is 6.21 Å². The second-order valence-electron chi connectivity index (χ2n) is 5.24. The van der Waals surface area contributed by atoms with Gasteiger partial charge in [0.1, 0.15) is 19.0 Å². The summed E-state index contributed by atoms with van der Waals surface area (Å²) in [5.41, 5.74) is 2.83. The standard InChI is InChI=1S/C18H20BrNO4/c1-12-4-5-13(2)16(8-12)23-6-7-24-18-14(11-20-21)9-15(19)10-17(18)22-3/h4-5,8-11,21H,6-7H2,1-3H3. The summed E-state index contributed by atoms with van der Waals surface area (Å²) in [5, 5.41) is 11.9. The summed E-state index contributed by atoms with van der Waals surface area (Å²) in [7, 11) is 1.56. The smallest absolute Gasteiger partial charge is 0.170 e. The van der Waals surface area contributed by atoms with E-state index in [0.717, 1.165) is 21.3 Å². The highest BCUT2D eigenvalue weighted by Gasteiger charge is 2.12. The van der Waals surface area contributed by atoms with Gasteiger partial charge in [0.05, 0.1) is 13.3 Å². The van der Waals surface area contributed by atoms with Crippen LogP contribution in [0.15, 0.2) is 40.0 Å². The van der Waals surface area contributed by atoms with Crippen molar-refractivity contribution in [2.45, 2.75) is 13.8 Å². The molecule has 2 aromatic rings. The minimum atomic E-state index is 0.331. The highest BCUT2D eigenvalue weighted by Crippen LogP contribution is 2.34. The average Bonchev–Trinajstić information content (AvgIpc) is 2.55. The Morgan fingerprint density at radius 3 is 2.54 bits per heavy atom. The van der Waals surface area contributed by atoms with Gasteiger partial charge in [-0.1, -0.05) is 33.2 Å². The second kappa shape index (κ2) is 8.59. The second-order valence-corrected chi connectivity index (χ2v) is 6.15. The molecule has 2 rings (SSSR count). The molecule has 2 aromatic carbocycles. The summed E-state index contributed by atoms with van der Waals surface area (Å²) in [4.78, 5) is 0. The van der Waals surface area contributed by atoms with Crippen molar-refractivity contribution in [3.63, 3.8) is 0 Å². The van der Waals surface area contributed by atoms with Crippen LogP contribution in [-0.2, 0) is 0 Å². The predicted molar refractivity (Wildman–Crippen MR) is 97.0 cm³/mol. The highest BCUT2D eigenvalue weighted by atomic mass is 79.9. The summed E-state index contributed by atoms with van der Waals surface area (Å²) >= 11 is 3.38. The lowest BCUT2D eigenvalue weighted by molar-refractivity contribution is 0.210. The molecule has 1 N–H and O–H groups in total. The van der Waals surface area contributed by atoms with Gasteiger partial charge in [-0.05, 0) is 43.2 Å². The van der Waals surface area contributed by atoms with Crippen LogP contribution in [0.1, 0.15) is 16.7 Å². The number of hydrogen-bond donors (Lipinski definition) is 1. The van der Waals surface area contributed by atoms with Gasteiger partial charge in [-0.25, -0.2) is 0 Å². The van der Waals surface area contributed by atoms with Crippen molar-refractivity contribution in [1.29, 1.82) is 0 Å². The first kappa shape index (κ1) is 18.1. The Balaban J connectivity index is 2.05. The molecule has 6 heteroatoms. The number of hydrogen-bond acceptors (Lipinski definition) is 5. The van der Waals surface area contributed by atoms with Crippen LogP contribution in [0.25, 0.3) is 0 Å². The monoisotopic (exact) mass is 393 g/mol. The van der Waals surface area contributed by atoms with Crippen molar-refractivity contribution in [2.75, 3.05) is 20.3 Å². The Morgan fingerprint density at radius 2 is 1.83 bits per heavy atom. The van der Waals surface area contributed by atoms with Crippen LogP contribution in [0.4, 0.5) is 0 Å². The Kier molecular flexibility index (Phi) is 6.49. The van der Waals surface area contributed by atoms with E-state index in [1.54, 1.807) is 19.2 Å². The van der Waals surface area contributed by atoms with Gasteiger partial charge in [-0.3, -0.25) is 0 Å². The van der Waals surface area contributed by atoms with Crippen LogP contribution in [-0.4, -0.2) is 31.7 Å². The van der Waals surface area contributed by atoms with E-state index in [4.69, 9.17) is 19.4 Å². The fourth-order valence-corrected chi connectivity index (χ4v) is 2.67. The van der Waals surface area contributed by atoms with E-state index in [1.807, 2.05) is 32.0 Å². The lowest BCUT2D eigenvalue weighted by Crippen LogP contribution is -2.11. The van der Waals surface area contributed by atoms with Gasteiger partial charge in [0.25, 0.3) is 0 Å². The highest BCUT2D eigenvalue weighted by molar-refractivity contribution is 9.10. The van der Waals surface area contributed by atoms with Crippen LogP contribution in [0, 0.1) is 13.8 Å². The molecule has 0 aliphatic heterocycles. The Bertz CT molecular complexity index is 731. The van der Waals surface area contributed by atoms with Crippen molar-refractivity contribution in [2.24, 2.45) is 5.16 Å². The Labute approximate surface area is 150 Å². The van der Waals surface area contributed by atoms with Gasteiger partial charge in [-0.15, -0.1) is 0 Å². The molecular formula is C18H20BrNO4. The summed E-state index contributed by atoms with van der Waals surface area (Å²) < 4.78 is 17.7. The van der Waals surface area contributed by atoms with Crippen LogP contribution < -0.4 is 14.2 Å². The molecule has 0 aliphatic carbocycles. The quantitative estimate of drug-likeness (QED) is 0.329. The third kappa shape index (κ3) is 4.64. The molecule has 0 unspecified atom stereocenters. The van der Waals surface area contributed by atoms with Gasteiger partial charge < -0.3 is 19.4 Å². The maximum atomic E-state index is 8.81. The van der Waals surface area contributed by atoms with E-state index in [9.17, 15) is 0 Å². The van der Waals surface area contributed by atoms with Crippen molar-refractivity contribution in [3.8, 4) is 17.2 Å². The number of halogens is 1. The number of nitrogens with zero attached hydrogens (tertiary/aromatic N) is 1. The largest absolute Gasteiger partial charge is 0.493 e. The fourth-order valence-electron chi connectivity index (χ4n) is 2.21. The Morgan fingerprint density at radius 1 is 1.08 bits per heavy atom. The molecule has 0 saturated heterocycles. The van der Waals surface area contributed by atoms with Crippen molar-refractivity contribution >= 4 is 22.1 Å². The van der Waals surface area contributed by atoms with Crippen molar-refractivity contribution in [3.05, 3.63) is 51.5 Å². The first-order chi connectivity index (χ1) is 11.5. The Hall–Kier alpha value is -2.21. The molecule has 0 bridgehead atoms. The SMILES string of the molecule is COc1cc(Br)cc(C=NO)c1OCCOc1cc(C)ccc1C. The molecule has 0 saturated carbocycles. The summed E-state index contributed by atoms with van der Waals surface area (Å²) in [6, 6.07) is 9.64. The van der Waals surface area contributed by atoms with E-state index in [0.29, 0.717) is 30.3 Å². The van der Waals surface area contributed by atoms with Gasteiger partial charge in [0, 0.05) is 10.0 Å². The first-order valence-corrected chi connectivity index (χ1v) is 8.22. The van der Waals surface area contributed by atoms with Crippen LogP contribution in [0.2, 0.25) is 0 Å². The molecule has 0 heterocycles. The molecule has 128 valence electrons. The first-order valence-electron chi connectivity index (χ1n) is 7.43. The zero-order valence-corrected chi connectivity index (χ0v) is 15.5. The summed E-state index contributed by atoms with van der Waals surface area (Å²) in [6.45, 7) is 4.75. The topological polar surface area (TPSA) is 60.3 Å². The number of ether oxygens (including phenoxy) is 3. The summed E-state index contributed by atoms with van der Waals surface area (Å²) in [5.74, 6) is 1.90. The number of oxime groups is 1. The lowest BCUT2D eigenvalue weighted by atomic mass is 10.1. The maximum Gasteiger partial charge on any atom is 0.170 e. The molecule has 0 aromatic heterocycles. The molecule has 5 nitrogen and oxygen atoms in total. The average molecular weight is 394 g/mol. The summed E-state index contributed by atoms with van der Waals surface area (Å²) in [6.07, 6.45) is 1.30. The molecule has 0 spiro atoms. The number of aryl methyl sites for hydroxylation is 2. The van der Waals surface area contributed by atoms with Crippen LogP contribution >= 0.6 is 15.9 Å². The molecular weight excluding hydrogens is 374 g/mol. The third-order valence-corrected chi connectivity index (χ3v) is 3.85. The minimum Gasteiger partial charge on any atom is -0.493 e. The van der Waals surface area contributed by atoms with Gasteiger partial charge in [0.2, 0.25) is 0 Å². The van der Waals surface area contributed by atoms with Gasteiger partial charge >= 0.3 is 0 Å². The third-order valence-electron chi connectivity index (χ3n) is 3.40. The zero-order chi connectivity index (χ0) is 17.5. The molecule has 0 atom stereocenters. The van der Waals surface area contributed by atoms with Crippen molar-refractivity contribution in [1.82, 2.24) is 0 Å². The van der Waals surface area contributed by atoms with Crippen molar-refractivity contribution < 1.29 is 19.4 Å². The van der Waals surface area contributed by atoms with Gasteiger partial charge in [-0.2, -0.15) is 0 Å². The molecule has 0 amide bonds. The maximum absolute atomic E-state index is 8.81. The number of methoxy groups -OCH3 is 1. The van der Waals surface area contributed by atoms with Crippen LogP contribution in [0.5, 0.6) is 17.2 Å². The normalized spacial score (nSPS) is 10.8. The number of rotatable bonds is 7. The lowest BCUT2D eigenvalue weighted by Gasteiger charge is -2.15. The van der Waals surface area contributed by atoms with E-state index in [2.05, 4.69) is 21.1 Å². The predicted octanol–water partition coefficient (Wildman–Crippen LogP) is 4.34. The van der Waals surface area contributed by atoms with E-state index < -0.39 is 0 Å². The molecule has 0 fully saturated rings. The molecule has 24 heavy (non-hydrogen) atoms.